The van der Waals surface area contributed by atoms with Gasteiger partial charge in [-0.15, -0.1) is 0 Å². The topological polar surface area (TPSA) is 71.3 Å². The van der Waals surface area contributed by atoms with Gasteiger partial charge in [-0.05, 0) is 37.6 Å². The van der Waals surface area contributed by atoms with Gasteiger partial charge in [-0.1, -0.05) is 12.1 Å². The number of hydrogen-bond donors (Lipinski definition) is 1. The molecule has 0 aliphatic heterocycles. The van der Waals surface area contributed by atoms with E-state index in [1.54, 1.807) is 31.0 Å². The molecule has 1 aromatic carbocycles. The van der Waals surface area contributed by atoms with Gasteiger partial charge in [0.1, 0.15) is 11.9 Å². The van der Waals surface area contributed by atoms with Crippen molar-refractivity contribution in [1.29, 1.82) is 0 Å². The molecule has 0 unspecified atom stereocenters. The molecule has 1 heterocycles. The number of carbonyl (C=O) groups is 1. The lowest BCUT2D eigenvalue weighted by Gasteiger charge is -2.18. The predicted octanol–water partition coefficient (Wildman–Crippen LogP) is 2.99. The van der Waals surface area contributed by atoms with Crippen LogP contribution in [0, 0.1) is 5.82 Å². The second-order valence-corrected chi connectivity index (χ2v) is 5.06. The van der Waals surface area contributed by atoms with Gasteiger partial charge in [0.05, 0.1) is 0 Å². The highest BCUT2D eigenvalue weighted by atomic mass is 19.1. The average Bonchev–Trinajstić information content (AvgIpc) is 2.98. The minimum absolute atomic E-state index is 0.198. The Morgan fingerprint density at radius 3 is 2.73 bits per heavy atom. The summed E-state index contributed by atoms with van der Waals surface area (Å²) in [5, 5.41) is 6.64. The summed E-state index contributed by atoms with van der Waals surface area (Å²) in [5.41, 5.74) is 0.651. The zero-order chi connectivity index (χ0) is 16.1. The molecule has 2 rings (SSSR count). The van der Waals surface area contributed by atoms with Crippen LogP contribution in [0.1, 0.15) is 32.2 Å². The van der Waals surface area contributed by atoms with E-state index in [9.17, 15) is 9.18 Å². The van der Waals surface area contributed by atoms with Gasteiger partial charge < -0.3 is 14.7 Å². The van der Waals surface area contributed by atoms with Crippen molar-refractivity contribution in [2.75, 3.05) is 13.6 Å². The molecule has 0 spiro atoms. The standard InChI is InChI=1S/C15H19FN4O2/c1-4-9-20(3)15(21)17-10(2)14-18-13(19-22-14)11-5-7-12(16)8-6-11/h5-8,10H,4,9H2,1-3H3,(H,17,21)/t10-/m1/s1. The zero-order valence-corrected chi connectivity index (χ0v) is 12.8. The molecule has 0 bridgehead atoms. The summed E-state index contributed by atoms with van der Waals surface area (Å²) in [6, 6.07) is 5.20. The number of amides is 2. The van der Waals surface area contributed by atoms with Gasteiger partial charge in [0.15, 0.2) is 0 Å². The number of benzene rings is 1. The Kier molecular flexibility index (Phi) is 5.08. The van der Waals surface area contributed by atoms with E-state index in [2.05, 4.69) is 15.5 Å². The molecular weight excluding hydrogens is 287 g/mol. The fourth-order valence-electron chi connectivity index (χ4n) is 1.92. The van der Waals surface area contributed by atoms with E-state index in [1.807, 2.05) is 6.92 Å². The van der Waals surface area contributed by atoms with E-state index in [4.69, 9.17) is 4.52 Å². The van der Waals surface area contributed by atoms with Gasteiger partial charge in [-0.2, -0.15) is 4.98 Å². The maximum atomic E-state index is 12.9. The number of rotatable bonds is 5. The van der Waals surface area contributed by atoms with Crippen LogP contribution in [0.5, 0.6) is 0 Å². The number of carbonyl (C=O) groups excluding carboxylic acids is 1. The molecule has 0 aliphatic carbocycles. The quantitative estimate of drug-likeness (QED) is 0.922. The molecule has 1 aromatic heterocycles. The van der Waals surface area contributed by atoms with Crippen molar-refractivity contribution in [3.63, 3.8) is 0 Å². The summed E-state index contributed by atoms with van der Waals surface area (Å²) in [7, 11) is 1.73. The third kappa shape index (κ3) is 3.81. The SMILES string of the molecule is CCCN(C)C(=O)N[C@H](C)c1nc(-c2ccc(F)cc2)no1. The van der Waals surface area contributed by atoms with Gasteiger partial charge in [0.25, 0.3) is 0 Å². The number of nitrogens with zero attached hydrogens (tertiary/aromatic N) is 3. The Balaban J connectivity index is 2.04. The lowest BCUT2D eigenvalue weighted by molar-refractivity contribution is 0.202. The van der Waals surface area contributed by atoms with Gasteiger partial charge in [-0.3, -0.25) is 0 Å². The predicted molar refractivity (Wildman–Crippen MR) is 79.6 cm³/mol. The highest BCUT2D eigenvalue weighted by Gasteiger charge is 2.18. The van der Waals surface area contributed by atoms with Crippen LogP contribution in [0.25, 0.3) is 11.4 Å². The Labute approximate surface area is 128 Å². The fraction of sp³-hybridized carbons (Fsp3) is 0.400. The van der Waals surface area contributed by atoms with E-state index >= 15 is 0 Å². The van der Waals surface area contributed by atoms with Crippen LogP contribution >= 0.6 is 0 Å². The summed E-state index contributed by atoms with van der Waals surface area (Å²) >= 11 is 0. The Bertz CT molecular complexity index is 627. The lowest BCUT2D eigenvalue weighted by Crippen LogP contribution is -2.39. The van der Waals surface area contributed by atoms with Crippen molar-refractivity contribution in [2.24, 2.45) is 0 Å². The first-order chi connectivity index (χ1) is 10.5. The first-order valence-electron chi connectivity index (χ1n) is 7.12. The highest BCUT2D eigenvalue weighted by molar-refractivity contribution is 5.74. The van der Waals surface area contributed by atoms with Gasteiger partial charge in [-0.25, -0.2) is 9.18 Å². The number of urea groups is 1. The van der Waals surface area contributed by atoms with Crippen LogP contribution in [0.2, 0.25) is 0 Å². The summed E-state index contributed by atoms with van der Waals surface area (Å²) < 4.78 is 18.1. The average molecular weight is 306 g/mol. The maximum absolute atomic E-state index is 12.9. The molecule has 2 aromatic rings. The lowest BCUT2D eigenvalue weighted by atomic mass is 10.2. The van der Waals surface area contributed by atoms with E-state index in [-0.39, 0.29) is 11.8 Å². The van der Waals surface area contributed by atoms with Gasteiger partial charge >= 0.3 is 6.03 Å². The molecule has 1 atom stereocenters. The molecule has 0 fully saturated rings. The van der Waals surface area contributed by atoms with Crippen LogP contribution in [-0.4, -0.2) is 34.7 Å². The molecule has 0 aliphatic rings. The van der Waals surface area contributed by atoms with Crippen LogP contribution in [-0.2, 0) is 0 Å². The summed E-state index contributed by atoms with van der Waals surface area (Å²) in [6.45, 7) is 4.43. The zero-order valence-electron chi connectivity index (χ0n) is 12.8. The van der Waals surface area contributed by atoms with Crippen LogP contribution in [0.4, 0.5) is 9.18 Å². The van der Waals surface area contributed by atoms with E-state index < -0.39 is 6.04 Å². The first-order valence-corrected chi connectivity index (χ1v) is 7.12. The van der Waals surface area contributed by atoms with E-state index in [0.29, 0.717) is 23.8 Å². The summed E-state index contributed by atoms with van der Waals surface area (Å²) in [4.78, 5) is 17.7. The molecule has 0 saturated heterocycles. The fourth-order valence-corrected chi connectivity index (χ4v) is 1.92. The van der Waals surface area contributed by atoms with Crippen molar-refractivity contribution in [2.45, 2.75) is 26.3 Å². The second-order valence-electron chi connectivity index (χ2n) is 5.06. The van der Waals surface area contributed by atoms with Crippen LogP contribution in [0.3, 0.4) is 0 Å². The molecular formula is C15H19FN4O2. The van der Waals surface area contributed by atoms with Crippen molar-refractivity contribution >= 4 is 6.03 Å². The van der Waals surface area contributed by atoms with Gasteiger partial charge in [0, 0.05) is 19.2 Å². The smallest absolute Gasteiger partial charge is 0.317 e. The molecule has 7 heteroatoms. The number of hydrogen-bond acceptors (Lipinski definition) is 4. The van der Waals surface area contributed by atoms with Crippen molar-refractivity contribution in [3.8, 4) is 11.4 Å². The number of halogens is 1. The van der Waals surface area contributed by atoms with Crippen LogP contribution in [0.15, 0.2) is 28.8 Å². The highest BCUT2D eigenvalue weighted by Crippen LogP contribution is 2.19. The minimum Gasteiger partial charge on any atom is -0.337 e. The molecule has 0 radical (unpaired) electrons. The maximum Gasteiger partial charge on any atom is 0.317 e. The Morgan fingerprint density at radius 2 is 2.09 bits per heavy atom. The molecule has 22 heavy (non-hydrogen) atoms. The van der Waals surface area contributed by atoms with Gasteiger partial charge in [0.2, 0.25) is 11.7 Å². The Hall–Kier alpha value is -2.44. The third-order valence-corrected chi connectivity index (χ3v) is 3.16. The molecule has 118 valence electrons. The van der Waals surface area contributed by atoms with Crippen LogP contribution < -0.4 is 5.32 Å². The first kappa shape index (κ1) is 15.9. The number of aromatic nitrogens is 2. The summed E-state index contributed by atoms with van der Waals surface area (Å²) in [5.74, 6) is 0.336. The largest absolute Gasteiger partial charge is 0.337 e. The second kappa shape index (κ2) is 7.02. The molecule has 2 amide bonds. The molecule has 1 N–H and O–H groups in total. The monoisotopic (exact) mass is 306 g/mol. The Morgan fingerprint density at radius 1 is 1.41 bits per heavy atom. The molecule has 6 nitrogen and oxygen atoms in total. The van der Waals surface area contributed by atoms with Crippen molar-refractivity contribution in [1.82, 2.24) is 20.4 Å². The van der Waals surface area contributed by atoms with Crippen molar-refractivity contribution < 1.29 is 13.7 Å². The van der Waals surface area contributed by atoms with E-state index in [0.717, 1.165) is 6.42 Å². The van der Waals surface area contributed by atoms with E-state index in [1.165, 1.54) is 12.1 Å². The molecule has 0 saturated carbocycles. The third-order valence-electron chi connectivity index (χ3n) is 3.16. The number of nitrogens with one attached hydrogen (secondary N) is 1. The minimum atomic E-state index is -0.409. The normalized spacial score (nSPS) is 12.0. The van der Waals surface area contributed by atoms with Crippen molar-refractivity contribution in [3.05, 3.63) is 36.0 Å². The summed E-state index contributed by atoms with van der Waals surface area (Å²) in [6.07, 6.45) is 0.883.